The normalized spacial score (nSPS) is 22.9. The molecular weight excluding hydrogens is 288 g/mol. The average molecular weight is 312 g/mol. The summed E-state index contributed by atoms with van der Waals surface area (Å²) in [5.74, 6) is -0.539. The molecule has 1 aliphatic rings. The summed E-state index contributed by atoms with van der Waals surface area (Å²) in [6, 6.07) is -0.784. The first-order valence-corrected chi connectivity index (χ1v) is 7.38. The van der Waals surface area contributed by atoms with Crippen LogP contribution in [0.2, 0.25) is 0 Å². The van der Waals surface area contributed by atoms with Crippen LogP contribution in [0, 0.1) is 5.92 Å². The van der Waals surface area contributed by atoms with E-state index >= 15 is 0 Å². The molecule has 0 aliphatic heterocycles. The molecule has 0 aromatic carbocycles. The van der Waals surface area contributed by atoms with Crippen LogP contribution in [0.1, 0.15) is 46.5 Å². The van der Waals surface area contributed by atoms with Crippen molar-refractivity contribution in [3.63, 3.8) is 0 Å². The summed E-state index contributed by atoms with van der Waals surface area (Å²) >= 11 is 0. The molecule has 1 amide bonds. The zero-order valence-corrected chi connectivity index (χ0v) is 13.5. The number of azide groups is 1. The Labute approximate surface area is 130 Å². The molecule has 1 aliphatic carbocycles. The number of rotatable bonds is 4. The molecule has 0 radical (unpaired) electrons. The highest BCUT2D eigenvalue weighted by Crippen LogP contribution is 2.29. The third kappa shape index (κ3) is 5.81. The summed E-state index contributed by atoms with van der Waals surface area (Å²) < 4.78 is 9.97. The highest BCUT2D eigenvalue weighted by atomic mass is 16.6. The highest BCUT2D eigenvalue weighted by Gasteiger charge is 2.34. The Kier molecular flexibility index (Phi) is 6.49. The number of ether oxygens (including phenoxy) is 2. The summed E-state index contributed by atoms with van der Waals surface area (Å²) in [6.45, 7) is 5.26. The van der Waals surface area contributed by atoms with Crippen molar-refractivity contribution in [3.05, 3.63) is 10.4 Å². The quantitative estimate of drug-likeness (QED) is 0.372. The number of hydrogen-bond acceptors (Lipinski definition) is 5. The maximum absolute atomic E-state index is 11.9. The van der Waals surface area contributed by atoms with Gasteiger partial charge >= 0.3 is 12.1 Å². The summed E-state index contributed by atoms with van der Waals surface area (Å²) in [6.07, 6.45) is 2.11. The SMILES string of the molecule is COC(=O)[C@H](NC(=O)OC(C)(C)C)C1CCC(N=[N+]=[N-])CC1. The lowest BCUT2D eigenvalue weighted by atomic mass is 9.82. The minimum atomic E-state index is -0.744. The monoisotopic (exact) mass is 312 g/mol. The van der Waals surface area contributed by atoms with Crippen molar-refractivity contribution in [2.75, 3.05) is 7.11 Å². The zero-order valence-electron chi connectivity index (χ0n) is 13.5. The van der Waals surface area contributed by atoms with Gasteiger partial charge in [0.05, 0.1) is 7.11 Å². The van der Waals surface area contributed by atoms with E-state index in [-0.39, 0.29) is 12.0 Å². The van der Waals surface area contributed by atoms with E-state index in [9.17, 15) is 9.59 Å². The van der Waals surface area contributed by atoms with Crippen molar-refractivity contribution in [2.45, 2.75) is 64.1 Å². The molecular formula is C14H24N4O4. The highest BCUT2D eigenvalue weighted by molar-refractivity contribution is 5.81. The number of carbonyl (C=O) groups excluding carboxylic acids is 2. The Morgan fingerprint density at radius 2 is 1.86 bits per heavy atom. The first-order valence-electron chi connectivity index (χ1n) is 7.38. The predicted molar refractivity (Wildman–Crippen MR) is 80.1 cm³/mol. The molecule has 1 atom stereocenters. The van der Waals surface area contributed by atoms with Crippen molar-refractivity contribution >= 4 is 12.1 Å². The van der Waals surface area contributed by atoms with E-state index in [1.54, 1.807) is 20.8 Å². The molecule has 124 valence electrons. The Bertz CT molecular complexity index is 446. The number of hydrogen-bond donors (Lipinski definition) is 1. The third-order valence-corrected chi connectivity index (χ3v) is 3.56. The maximum Gasteiger partial charge on any atom is 0.408 e. The molecule has 1 saturated carbocycles. The second-order valence-electron chi connectivity index (χ2n) is 6.42. The van der Waals surface area contributed by atoms with Gasteiger partial charge in [0, 0.05) is 11.0 Å². The van der Waals surface area contributed by atoms with Gasteiger partial charge in [0.25, 0.3) is 0 Å². The average Bonchev–Trinajstić information content (AvgIpc) is 2.43. The van der Waals surface area contributed by atoms with Gasteiger partial charge in [0.15, 0.2) is 0 Å². The van der Waals surface area contributed by atoms with E-state index in [2.05, 4.69) is 15.3 Å². The molecule has 22 heavy (non-hydrogen) atoms. The molecule has 1 N–H and O–H groups in total. The van der Waals surface area contributed by atoms with Crippen LogP contribution >= 0.6 is 0 Å². The Balaban J connectivity index is 2.68. The van der Waals surface area contributed by atoms with Gasteiger partial charge in [0.1, 0.15) is 11.6 Å². The predicted octanol–water partition coefficient (Wildman–Crippen LogP) is 2.92. The summed E-state index contributed by atoms with van der Waals surface area (Å²) in [5.41, 5.74) is 7.82. The van der Waals surface area contributed by atoms with Gasteiger partial charge in [-0.3, -0.25) is 0 Å². The molecule has 0 aromatic rings. The van der Waals surface area contributed by atoms with Gasteiger partial charge in [-0.25, -0.2) is 9.59 Å². The van der Waals surface area contributed by atoms with Crippen LogP contribution < -0.4 is 5.32 Å². The molecule has 0 spiro atoms. The molecule has 0 unspecified atom stereocenters. The van der Waals surface area contributed by atoms with Crippen LogP contribution in [0.3, 0.4) is 0 Å². The molecule has 0 aromatic heterocycles. The first-order chi connectivity index (χ1) is 10.3. The van der Waals surface area contributed by atoms with Gasteiger partial charge in [0.2, 0.25) is 0 Å². The van der Waals surface area contributed by atoms with Gasteiger partial charge in [-0.05, 0) is 57.9 Å². The Morgan fingerprint density at radius 3 is 2.32 bits per heavy atom. The Hall–Kier alpha value is -1.95. The first kappa shape index (κ1) is 18.1. The van der Waals surface area contributed by atoms with Gasteiger partial charge in [-0.15, -0.1) is 0 Å². The Morgan fingerprint density at radius 1 is 1.27 bits per heavy atom. The van der Waals surface area contributed by atoms with E-state index in [0.717, 1.165) is 0 Å². The fourth-order valence-corrected chi connectivity index (χ4v) is 2.55. The van der Waals surface area contributed by atoms with Crippen LogP contribution in [0.5, 0.6) is 0 Å². The summed E-state index contributed by atoms with van der Waals surface area (Å²) in [5, 5.41) is 6.31. The smallest absolute Gasteiger partial charge is 0.408 e. The second-order valence-corrected chi connectivity index (χ2v) is 6.42. The number of carbonyl (C=O) groups is 2. The zero-order chi connectivity index (χ0) is 16.8. The fourth-order valence-electron chi connectivity index (χ4n) is 2.55. The minimum absolute atomic E-state index is 0.0407. The third-order valence-electron chi connectivity index (χ3n) is 3.56. The second kappa shape index (κ2) is 7.89. The lowest BCUT2D eigenvalue weighted by molar-refractivity contribution is -0.145. The molecule has 1 rings (SSSR count). The minimum Gasteiger partial charge on any atom is -0.467 e. The molecule has 8 nitrogen and oxygen atoms in total. The number of amides is 1. The lowest BCUT2D eigenvalue weighted by Crippen LogP contribution is -2.49. The van der Waals surface area contributed by atoms with Crippen molar-refractivity contribution in [3.8, 4) is 0 Å². The van der Waals surface area contributed by atoms with Crippen LogP contribution in [-0.4, -0.2) is 36.9 Å². The van der Waals surface area contributed by atoms with Crippen LogP contribution in [0.25, 0.3) is 10.4 Å². The van der Waals surface area contributed by atoms with Crippen molar-refractivity contribution in [1.82, 2.24) is 5.32 Å². The molecule has 0 heterocycles. The van der Waals surface area contributed by atoms with Gasteiger partial charge in [-0.2, -0.15) is 0 Å². The largest absolute Gasteiger partial charge is 0.467 e. The van der Waals surface area contributed by atoms with Crippen molar-refractivity contribution < 1.29 is 19.1 Å². The molecule has 0 saturated heterocycles. The van der Waals surface area contributed by atoms with E-state index in [4.69, 9.17) is 15.0 Å². The lowest BCUT2D eigenvalue weighted by Gasteiger charge is -2.31. The van der Waals surface area contributed by atoms with Crippen molar-refractivity contribution in [1.29, 1.82) is 0 Å². The number of alkyl carbamates (subject to hydrolysis) is 1. The van der Waals surface area contributed by atoms with Crippen LogP contribution in [0.15, 0.2) is 5.11 Å². The molecule has 1 fully saturated rings. The van der Waals surface area contributed by atoms with Crippen LogP contribution in [0.4, 0.5) is 4.79 Å². The van der Waals surface area contributed by atoms with E-state index < -0.39 is 23.7 Å². The number of methoxy groups -OCH3 is 1. The summed E-state index contributed by atoms with van der Waals surface area (Å²) in [7, 11) is 1.29. The number of nitrogens with zero attached hydrogens (tertiary/aromatic N) is 3. The topological polar surface area (TPSA) is 113 Å². The molecule has 8 heteroatoms. The number of esters is 1. The van der Waals surface area contributed by atoms with E-state index in [1.807, 2.05) is 0 Å². The standard InChI is InChI=1S/C14H24N4O4/c1-14(2,3)22-13(20)16-11(12(19)21-4)9-5-7-10(8-6-9)17-18-15/h9-11H,5-8H2,1-4H3,(H,16,20)/t9?,10?,11-/m1/s1. The van der Waals surface area contributed by atoms with Gasteiger partial charge < -0.3 is 14.8 Å². The van der Waals surface area contributed by atoms with E-state index in [1.165, 1.54) is 7.11 Å². The van der Waals surface area contributed by atoms with Gasteiger partial charge in [-0.1, -0.05) is 5.11 Å². The maximum atomic E-state index is 11.9. The fraction of sp³-hybridized carbons (Fsp3) is 0.857. The van der Waals surface area contributed by atoms with Crippen molar-refractivity contribution in [2.24, 2.45) is 11.0 Å². The summed E-state index contributed by atoms with van der Waals surface area (Å²) in [4.78, 5) is 26.6. The van der Waals surface area contributed by atoms with Crippen LogP contribution in [-0.2, 0) is 14.3 Å². The number of nitrogens with one attached hydrogen (secondary N) is 1. The molecule has 0 bridgehead atoms. The van der Waals surface area contributed by atoms with E-state index in [0.29, 0.717) is 25.7 Å².